The molecule has 0 aliphatic rings. The number of halogens is 1. The lowest BCUT2D eigenvalue weighted by atomic mass is 9.84. The number of benzene rings is 1. The average molecular weight is 331 g/mol. The van der Waals surface area contributed by atoms with Crippen molar-refractivity contribution in [1.82, 2.24) is 20.4 Å². The van der Waals surface area contributed by atoms with Crippen molar-refractivity contribution in [3.63, 3.8) is 0 Å². The molecule has 1 aromatic carbocycles. The van der Waals surface area contributed by atoms with E-state index in [1.165, 1.54) is 6.07 Å². The lowest BCUT2D eigenvalue weighted by molar-refractivity contribution is 0.503. The van der Waals surface area contributed by atoms with Crippen LogP contribution in [0.3, 0.4) is 0 Å². The van der Waals surface area contributed by atoms with Gasteiger partial charge in [-0.25, -0.2) is 9.38 Å². The van der Waals surface area contributed by atoms with Crippen LogP contribution in [0.4, 0.5) is 4.39 Å². The van der Waals surface area contributed by atoms with Crippen LogP contribution in [0.15, 0.2) is 41.7 Å². The maximum Gasteiger partial charge on any atom is 0.191 e. The van der Waals surface area contributed by atoms with Gasteiger partial charge in [0.25, 0.3) is 0 Å². The topological polar surface area (TPSA) is 54.2 Å². The second-order valence-corrected chi connectivity index (χ2v) is 6.47. The van der Waals surface area contributed by atoms with Gasteiger partial charge < -0.3 is 10.6 Å². The summed E-state index contributed by atoms with van der Waals surface area (Å²) in [6.07, 6.45) is 3.76. The Hall–Kier alpha value is -2.37. The number of aromatic nitrogens is 2. The standard InChI is InChI=1S/C18H26FN5/c1-5-20-17(21-10-14-11-23-24(4)12-14)22-13-18(2,3)15-7-6-8-16(19)9-15/h6-9,11-12H,5,10,13H2,1-4H3,(H2,20,21,22). The molecule has 0 saturated carbocycles. The van der Waals surface area contributed by atoms with Crippen LogP contribution in [0, 0.1) is 5.82 Å². The number of rotatable bonds is 6. The predicted octanol–water partition coefficient (Wildman–Crippen LogP) is 2.59. The van der Waals surface area contributed by atoms with Gasteiger partial charge in [-0.1, -0.05) is 26.0 Å². The summed E-state index contributed by atoms with van der Waals surface area (Å²) in [5.41, 5.74) is 1.80. The highest BCUT2D eigenvalue weighted by molar-refractivity contribution is 5.79. The van der Waals surface area contributed by atoms with Gasteiger partial charge in [0.2, 0.25) is 0 Å². The summed E-state index contributed by atoms with van der Waals surface area (Å²) >= 11 is 0. The molecule has 1 aromatic heterocycles. The maximum atomic E-state index is 13.5. The minimum atomic E-state index is -0.216. The third-order valence-corrected chi connectivity index (χ3v) is 3.83. The van der Waals surface area contributed by atoms with Gasteiger partial charge in [-0.15, -0.1) is 0 Å². The van der Waals surface area contributed by atoms with Gasteiger partial charge in [0.05, 0.1) is 12.7 Å². The van der Waals surface area contributed by atoms with E-state index < -0.39 is 0 Å². The van der Waals surface area contributed by atoms with E-state index >= 15 is 0 Å². The number of guanidine groups is 1. The maximum absolute atomic E-state index is 13.5. The quantitative estimate of drug-likeness (QED) is 0.632. The lowest BCUT2D eigenvalue weighted by Gasteiger charge is -2.26. The molecule has 6 heteroatoms. The van der Waals surface area contributed by atoms with Crippen molar-refractivity contribution in [3.8, 4) is 0 Å². The van der Waals surface area contributed by atoms with Crippen molar-refractivity contribution in [2.75, 3.05) is 13.1 Å². The zero-order chi connectivity index (χ0) is 17.6. The Labute approximate surface area is 143 Å². The van der Waals surface area contributed by atoms with Gasteiger partial charge >= 0.3 is 0 Å². The molecular weight excluding hydrogens is 305 g/mol. The molecule has 0 spiro atoms. The van der Waals surface area contributed by atoms with Crippen molar-refractivity contribution < 1.29 is 4.39 Å². The van der Waals surface area contributed by atoms with Gasteiger partial charge in [0.15, 0.2) is 5.96 Å². The first kappa shape index (κ1) is 18.0. The van der Waals surface area contributed by atoms with Crippen molar-refractivity contribution in [1.29, 1.82) is 0 Å². The Balaban J connectivity index is 2.01. The second-order valence-electron chi connectivity index (χ2n) is 6.47. The van der Waals surface area contributed by atoms with E-state index in [1.54, 1.807) is 16.8 Å². The summed E-state index contributed by atoms with van der Waals surface area (Å²) in [7, 11) is 1.89. The molecule has 0 aliphatic carbocycles. The number of aryl methyl sites for hydroxylation is 1. The first-order valence-electron chi connectivity index (χ1n) is 8.16. The molecular formula is C18H26FN5. The van der Waals surface area contributed by atoms with Crippen LogP contribution in [0.1, 0.15) is 31.9 Å². The largest absolute Gasteiger partial charge is 0.357 e. The zero-order valence-electron chi connectivity index (χ0n) is 14.8. The van der Waals surface area contributed by atoms with Crippen molar-refractivity contribution in [2.45, 2.75) is 32.7 Å². The minimum absolute atomic E-state index is 0.210. The fourth-order valence-electron chi connectivity index (χ4n) is 2.38. The summed E-state index contributed by atoms with van der Waals surface area (Å²) in [6.45, 7) is 8.18. The van der Waals surface area contributed by atoms with Gasteiger partial charge in [-0.3, -0.25) is 4.68 Å². The summed E-state index contributed by atoms with van der Waals surface area (Å²) in [5, 5.41) is 10.7. The highest BCUT2D eigenvalue weighted by atomic mass is 19.1. The van der Waals surface area contributed by atoms with E-state index in [-0.39, 0.29) is 11.2 Å². The monoisotopic (exact) mass is 331 g/mol. The summed E-state index contributed by atoms with van der Waals surface area (Å²) in [4.78, 5) is 4.58. The van der Waals surface area contributed by atoms with Crippen LogP contribution in [0.5, 0.6) is 0 Å². The molecule has 0 fully saturated rings. The first-order chi connectivity index (χ1) is 11.4. The van der Waals surface area contributed by atoms with Crippen molar-refractivity contribution in [2.24, 2.45) is 12.0 Å². The molecule has 0 saturated heterocycles. The SMILES string of the molecule is CCNC(=NCc1cnn(C)c1)NCC(C)(C)c1cccc(F)c1. The van der Waals surface area contributed by atoms with E-state index in [4.69, 9.17) is 0 Å². The van der Waals surface area contributed by atoms with Gasteiger partial charge in [-0.2, -0.15) is 5.10 Å². The van der Waals surface area contributed by atoms with E-state index in [0.717, 1.165) is 23.6 Å². The highest BCUT2D eigenvalue weighted by Crippen LogP contribution is 2.22. The summed E-state index contributed by atoms with van der Waals surface area (Å²) in [5.74, 6) is 0.531. The summed E-state index contributed by atoms with van der Waals surface area (Å²) < 4.78 is 15.2. The van der Waals surface area contributed by atoms with Gasteiger partial charge in [0, 0.05) is 37.3 Å². The number of hydrogen-bond acceptors (Lipinski definition) is 2. The average Bonchev–Trinajstić information content (AvgIpc) is 2.95. The third kappa shape index (κ3) is 5.08. The number of nitrogens with one attached hydrogen (secondary N) is 2. The van der Waals surface area contributed by atoms with Crippen molar-refractivity contribution >= 4 is 5.96 Å². The van der Waals surface area contributed by atoms with Crippen LogP contribution < -0.4 is 10.6 Å². The smallest absolute Gasteiger partial charge is 0.191 e. The molecule has 0 radical (unpaired) electrons. The fourth-order valence-corrected chi connectivity index (χ4v) is 2.38. The second kappa shape index (κ2) is 7.95. The van der Waals surface area contributed by atoms with Crippen molar-refractivity contribution in [3.05, 3.63) is 53.6 Å². The molecule has 5 nitrogen and oxygen atoms in total. The normalized spacial score (nSPS) is 12.3. The molecule has 0 atom stereocenters. The fraction of sp³-hybridized carbons (Fsp3) is 0.444. The highest BCUT2D eigenvalue weighted by Gasteiger charge is 2.21. The Bertz CT molecular complexity index is 690. The third-order valence-electron chi connectivity index (χ3n) is 3.83. The Morgan fingerprint density at radius 2 is 2.12 bits per heavy atom. The predicted molar refractivity (Wildman–Crippen MR) is 95.5 cm³/mol. The zero-order valence-corrected chi connectivity index (χ0v) is 14.8. The van der Waals surface area contributed by atoms with Gasteiger partial charge in [0.1, 0.15) is 5.82 Å². The van der Waals surface area contributed by atoms with E-state index in [1.807, 2.05) is 32.4 Å². The first-order valence-corrected chi connectivity index (χ1v) is 8.16. The van der Waals surface area contributed by atoms with E-state index in [2.05, 4.69) is 34.6 Å². The van der Waals surface area contributed by atoms with E-state index in [9.17, 15) is 4.39 Å². The van der Waals surface area contributed by atoms with Crippen LogP contribution in [-0.4, -0.2) is 28.8 Å². The van der Waals surface area contributed by atoms with Gasteiger partial charge in [-0.05, 0) is 24.6 Å². The molecule has 0 bridgehead atoms. The van der Waals surface area contributed by atoms with Crippen LogP contribution in [0.25, 0.3) is 0 Å². The molecule has 0 amide bonds. The lowest BCUT2D eigenvalue weighted by Crippen LogP contribution is -2.43. The van der Waals surface area contributed by atoms with Crippen LogP contribution >= 0.6 is 0 Å². The molecule has 130 valence electrons. The molecule has 2 N–H and O–H groups in total. The Kier molecular flexibility index (Phi) is 5.95. The Morgan fingerprint density at radius 3 is 2.75 bits per heavy atom. The molecule has 24 heavy (non-hydrogen) atoms. The van der Waals surface area contributed by atoms with Crippen LogP contribution in [-0.2, 0) is 19.0 Å². The van der Waals surface area contributed by atoms with E-state index in [0.29, 0.717) is 13.1 Å². The van der Waals surface area contributed by atoms with Crippen LogP contribution in [0.2, 0.25) is 0 Å². The molecule has 2 aromatic rings. The molecule has 2 rings (SSSR count). The molecule has 0 unspecified atom stereocenters. The molecule has 1 heterocycles. The molecule has 0 aliphatic heterocycles. The minimum Gasteiger partial charge on any atom is -0.357 e. The number of hydrogen-bond donors (Lipinski definition) is 2. The number of aliphatic imine (C=N–C) groups is 1. The Morgan fingerprint density at radius 1 is 1.33 bits per heavy atom. The summed E-state index contributed by atoms with van der Waals surface area (Å²) in [6, 6.07) is 6.74. The number of nitrogens with zero attached hydrogens (tertiary/aromatic N) is 3.